The standard InChI is InChI=1S/C26H29N5O4/c1-29-13-14-31(25(32)22-16-27-18-28-24(22)29)21-10-6-7-19(15-21)17-35-23(11-12-30(2)26(33)34)20-8-4-3-5-9-20/h3-10,15-16,18,23H,11-14,17H2,1-2H3,(H,33,34)/t23-/m1/s1. The fourth-order valence-electron chi connectivity index (χ4n) is 4.06. The maximum absolute atomic E-state index is 13.3. The number of hydrogen-bond acceptors (Lipinski definition) is 6. The van der Waals surface area contributed by atoms with E-state index in [9.17, 15) is 14.7 Å². The number of rotatable bonds is 8. The number of amides is 2. The molecule has 1 aromatic heterocycles. The van der Waals surface area contributed by atoms with Crippen molar-refractivity contribution in [2.75, 3.05) is 43.5 Å². The number of carbonyl (C=O) groups excluding carboxylic acids is 1. The number of hydrogen-bond donors (Lipinski definition) is 1. The van der Waals surface area contributed by atoms with Crippen LogP contribution in [0.1, 0.15) is 34.0 Å². The van der Waals surface area contributed by atoms with E-state index in [-0.39, 0.29) is 12.0 Å². The van der Waals surface area contributed by atoms with Gasteiger partial charge in [0.1, 0.15) is 17.7 Å². The molecule has 0 saturated carbocycles. The molecule has 3 aromatic rings. The van der Waals surface area contributed by atoms with Crippen LogP contribution in [0.3, 0.4) is 0 Å². The Morgan fingerprint density at radius 2 is 1.97 bits per heavy atom. The van der Waals surface area contributed by atoms with Crippen LogP contribution in [0.4, 0.5) is 16.3 Å². The van der Waals surface area contributed by atoms with Crippen LogP contribution < -0.4 is 9.80 Å². The van der Waals surface area contributed by atoms with Gasteiger partial charge in [-0.15, -0.1) is 0 Å². The Kier molecular flexibility index (Phi) is 7.57. The Morgan fingerprint density at radius 1 is 1.17 bits per heavy atom. The summed E-state index contributed by atoms with van der Waals surface area (Å²) in [4.78, 5) is 37.8. The summed E-state index contributed by atoms with van der Waals surface area (Å²) in [7, 11) is 3.46. The summed E-state index contributed by atoms with van der Waals surface area (Å²) in [6, 6.07) is 17.5. The van der Waals surface area contributed by atoms with Crippen LogP contribution in [-0.4, -0.2) is 65.7 Å². The molecule has 4 rings (SSSR count). The highest BCUT2D eigenvalue weighted by atomic mass is 16.5. The highest BCUT2D eigenvalue weighted by molar-refractivity contribution is 6.09. The van der Waals surface area contributed by atoms with Crippen LogP contribution in [-0.2, 0) is 11.3 Å². The zero-order valence-electron chi connectivity index (χ0n) is 19.9. The number of nitrogens with zero attached hydrogens (tertiary/aromatic N) is 5. The summed E-state index contributed by atoms with van der Waals surface area (Å²) in [5.74, 6) is 0.492. The van der Waals surface area contributed by atoms with Gasteiger partial charge in [-0.25, -0.2) is 14.8 Å². The van der Waals surface area contributed by atoms with Crippen molar-refractivity contribution in [2.45, 2.75) is 19.1 Å². The number of aromatic nitrogens is 2. The van der Waals surface area contributed by atoms with Crippen molar-refractivity contribution in [3.8, 4) is 0 Å². The molecule has 0 radical (unpaired) electrons. The second kappa shape index (κ2) is 11.0. The van der Waals surface area contributed by atoms with Gasteiger partial charge in [-0.2, -0.15) is 0 Å². The topological polar surface area (TPSA) is 99.1 Å². The molecular weight excluding hydrogens is 446 g/mol. The van der Waals surface area contributed by atoms with Crippen LogP contribution >= 0.6 is 0 Å². The van der Waals surface area contributed by atoms with Gasteiger partial charge in [0.25, 0.3) is 5.91 Å². The predicted molar refractivity (Wildman–Crippen MR) is 133 cm³/mol. The highest BCUT2D eigenvalue weighted by Crippen LogP contribution is 2.27. The minimum Gasteiger partial charge on any atom is -0.465 e. The monoisotopic (exact) mass is 475 g/mol. The molecule has 0 aliphatic carbocycles. The van der Waals surface area contributed by atoms with E-state index in [1.165, 1.54) is 11.2 Å². The SMILES string of the molecule is CN(CC[C@@H](OCc1cccc(N2CCN(C)c3ncncc3C2=O)c1)c1ccccc1)C(=O)O. The second-order valence-corrected chi connectivity index (χ2v) is 8.51. The van der Waals surface area contributed by atoms with Crippen LogP contribution in [0.25, 0.3) is 0 Å². The van der Waals surface area contributed by atoms with E-state index in [0.29, 0.717) is 44.0 Å². The number of carboxylic acid groups (broad SMARTS) is 1. The fourth-order valence-corrected chi connectivity index (χ4v) is 4.06. The normalized spacial score (nSPS) is 14.3. The maximum atomic E-state index is 13.3. The molecule has 1 aliphatic heterocycles. The van der Waals surface area contributed by atoms with Crippen molar-refractivity contribution in [1.82, 2.24) is 14.9 Å². The number of fused-ring (bicyclic) bond motifs is 1. The lowest BCUT2D eigenvalue weighted by atomic mass is 10.1. The number of likely N-dealkylation sites (N-methyl/N-ethyl adjacent to an activating group) is 1. The summed E-state index contributed by atoms with van der Waals surface area (Å²) in [6.45, 7) is 1.84. The Hall–Kier alpha value is -3.98. The summed E-state index contributed by atoms with van der Waals surface area (Å²) in [5.41, 5.74) is 3.17. The lowest BCUT2D eigenvalue weighted by Gasteiger charge is -2.23. The summed E-state index contributed by atoms with van der Waals surface area (Å²) < 4.78 is 6.26. The van der Waals surface area contributed by atoms with Gasteiger partial charge in [-0.3, -0.25) is 4.79 Å². The average Bonchev–Trinajstić information content (AvgIpc) is 3.01. The molecule has 0 unspecified atom stereocenters. The molecule has 9 nitrogen and oxygen atoms in total. The van der Waals surface area contributed by atoms with E-state index in [4.69, 9.17) is 4.74 Å². The molecule has 1 atom stereocenters. The number of ether oxygens (including phenoxy) is 1. The van der Waals surface area contributed by atoms with Gasteiger partial charge in [0, 0.05) is 45.6 Å². The Bertz CT molecular complexity index is 1170. The number of anilines is 2. The van der Waals surface area contributed by atoms with E-state index in [1.807, 2.05) is 66.5 Å². The quantitative estimate of drug-likeness (QED) is 0.529. The lowest BCUT2D eigenvalue weighted by Crippen LogP contribution is -2.33. The van der Waals surface area contributed by atoms with Crippen molar-refractivity contribution in [1.29, 1.82) is 0 Å². The second-order valence-electron chi connectivity index (χ2n) is 8.51. The number of benzene rings is 2. The van der Waals surface area contributed by atoms with Gasteiger partial charge in [-0.05, 0) is 29.7 Å². The molecule has 2 amide bonds. The first-order valence-electron chi connectivity index (χ1n) is 11.5. The molecule has 9 heteroatoms. The van der Waals surface area contributed by atoms with Gasteiger partial charge in [0.05, 0.1) is 12.7 Å². The highest BCUT2D eigenvalue weighted by Gasteiger charge is 2.27. The van der Waals surface area contributed by atoms with Gasteiger partial charge in [-0.1, -0.05) is 42.5 Å². The minimum atomic E-state index is -0.968. The first-order valence-corrected chi connectivity index (χ1v) is 11.5. The van der Waals surface area contributed by atoms with Gasteiger partial charge >= 0.3 is 6.09 Å². The van der Waals surface area contributed by atoms with Crippen LogP contribution in [0.15, 0.2) is 67.1 Å². The van der Waals surface area contributed by atoms with Crippen LogP contribution in [0.2, 0.25) is 0 Å². The van der Waals surface area contributed by atoms with E-state index in [1.54, 1.807) is 18.1 Å². The van der Waals surface area contributed by atoms with Gasteiger partial charge < -0.3 is 24.5 Å². The Labute approximate surface area is 204 Å². The van der Waals surface area contributed by atoms with E-state index < -0.39 is 6.09 Å². The molecule has 0 fully saturated rings. The van der Waals surface area contributed by atoms with Crippen molar-refractivity contribution in [3.05, 3.63) is 83.8 Å². The molecule has 182 valence electrons. The third-order valence-corrected chi connectivity index (χ3v) is 6.09. The van der Waals surface area contributed by atoms with Gasteiger partial charge in [0.2, 0.25) is 0 Å². The van der Waals surface area contributed by atoms with E-state index in [0.717, 1.165) is 16.8 Å². The first kappa shape index (κ1) is 24.2. The lowest BCUT2D eigenvalue weighted by molar-refractivity contribution is 0.0288. The van der Waals surface area contributed by atoms with E-state index >= 15 is 0 Å². The molecule has 0 bridgehead atoms. The van der Waals surface area contributed by atoms with Crippen molar-refractivity contribution >= 4 is 23.5 Å². The molecule has 1 aliphatic rings. The average molecular weight is 476 g/mol. The number of carbonyl (C=O) groups is 2. The zero-order chi connectivity index (χ0) is 24.8. The maximum Gasteiger partial charge on any atom is 0.407 e. The fraction of sp³-hybridized carbons (Fsp3) is 0.308. The molecule has 35 heavy (non-hydrogen) atoms. The largest absolute Gasteiger partial charge is 0.465 e. The molecule has 0 saturated heterocycles. The summed E-state index contributed by atoms with van der Waals surface area (Å²) in [5, 5.41) is 9.19. The Balaban J connectivity index is 1.50. The molecule has 2 aromatic carbocycles. The predicted octanol–water partition coefficient (Wildman–Crippen LogP) is 3.83. The van der Waals surface area contributed by atoms with Crippen LogP contribution in [0, 0.1) is 0 Å². The smallest absolute Gasteiger partial charge is 0.407 e. The minimum absolute atomic E-state index is 0.137. The zero-order valence-corrected chi connectivity index (χ0v) is 19.9. The summed E-state index contributed by atoms with van der Waals surface area (Å²) in [6.07, 6.45) is 2.31. The third-order valence-electron chi connectivity index (χ3n) is 6.09. The van der Waals surface area contributed by atoms with Crippen molar-refractivity contribution in [2.24, 2.45) is 0 Å². The first-order chi connectivity index (χ1) is 16.9. The van der Waals surface area contributed by atoms with Crippen LogP contribution in [0.5, 0.6) is 0 Å². The van der Waals surface area contributed by atoms with Gasteiger partial charge in [0.15, 0.2) is 0 Å². The Morgan fingerprint density at radius 3 is 2.74 bits per heavy atom. The molecule has 0 spiro atoms. The molecular formula is C26H29N5O4. The van der Waals surface area contributed by atoms with E-state index in [2.05, 4.69) is 9.97 Å². The third kappa shape index (κ3) is 5.75. The summed E-state index contributed by atoms with van der Waals surface area (Å²) >= 11 is 0. The molecule has 1 N–H and O–H groups in total. The van der Waals surface area contributed by atoms with Crippen molar-refractivity contribution in [3.63, 3.8) is 0 Å². The molecule has 2 heterocycles. The van der Waals surface area contributed by atoms with Crippen molar-refractivity contribution < 1.29 is 19.4 Å².